The van der Waals surface area contributed by atoms with Crippen molar-refractivity contribution in [3.63, 3.8) is 0 Å². The third-order valence-electron chi connectivity index (χ3n) is 6.00. The number of hydrogen-bond donors (Lipinski definition) is 2. The van der Waals surface area contributed by atoms with Crippen molar-refractivity contribution >= 4 is 6.03 Å². The number of nitrogens with zero attached hydrogens (tertiary/aromatic N) is 1. The maximum atomic E-state index is 12.4. The van der Waals surface area contributed by atoms with Crippen LogP contribution in [0.15, 0.2) is 30.3 Å². The second-order valence-electron chi connectivity index (χ2n) is 7.81. The van der Waals surface area contributed by atoms with Crippen molar-refractivity contribution in [1.82, 2.24) is 15.5 Å². The molecule has 3 fully saturated rings. The number of urea groups is 1. The number of amides is 2. The molecule has 1 saturated heterocycles. The molecule has 0 bridgehead atoms. The topological polar surface area (TPSA) is 44.4 Å². The van der Waals surface area contributed by atoms with E-state index in [2.05, 4.69) is 39.8 Å². The summed E-state index contributed by atoms with van der Waals surface area (Å²) in [6.07, 6.45) is 7.71. The maximum Gasteiger partial charge on any atom is 0.315 e. The number of carbonyl (C=O) groups excluding carboxylic acids is 1. The summed E-state index contributed by atoms with van der Waals surface area (Å²) in [5.74, 6) is 1.21. The fourth-order valence-corrected chi connectivity index (χ4v) is 4.14. The van der Waals surface area contributed by atoms with Crippen molar-refractivity contribution in [2.75, 3.05) is 19.6 Å². The Labute approximate surface area is 145 Å². The highest BCUT2D eigenvalue weighted by Gasteiger charge is 2.34. The van der Waals surface area contributed by atoms with E-state index in [1.54, 1.807) is 0 Å². The molecule has 4 heteroatoms. The number of rotatable bonds is 6. The van der Waals surface area contributed by atoms with E-state index in [1.165, 1.54) is 50.6 Å². The van der Waals surface area contributed by atoms with E-state index < -0.39 is 0 Å². The van der Waals surface area contributed by atoms with Crippen LogP contribution in [0.25, 0.3) is 0 Å². The predicted molar refractivity (Wildman–Crippen MR) is 95.8 cm³/mol. The number of carbonyl (C=O) groups is 1. The van der Waals surface area contributed by atoms with Crippen molar-refractivity contribution in [3.05, 3.63) is 35.9 Å². The predicted octanol–water partition coefficient (Wildman–Crippen LogP) is 3.31. The van der Waals surface area contributed by atoms with Crippen molar-refractivity contribution in [3.8, 4) is 0 Å². The molecule has 2 atom stereocenters. The first-order chi connectivity index (χ1) is 11.8. The van der Waals surface area contributed by atoms with E-state index >= 15 is 0 Å². The van der Waals surface area contributed by atoms with Crippen molar-refractivity contribution in [2.24, 2.45) is 11.8 Å². The van der Waals surface area contributed by atoms with Gasteiger partial charge in [0, 0.05) is 19.1 Å². The van der Waals surface area contributed by atoms with Gasteiger partial charge in [-0.1, -0.05) is 36.8 Å². The highest BCUT2D eigenvalue weighted by atomic mass is 16.2. The second kappa shape index (κ2) is 7.14. The molecule has 0 aromatic heterocycles. The molecule has 4 nitrogen and oxygen atoms in total. The molecule has 2 N–H and O–H groups in total. The first kappa shape index (κ1) is 15.9. The van der Waals surface area contributed by atoms with Crippen LogP contribution in [0.5, 0.6) is 0 Å². The Balaban J connectivity index is 1.27. The Morgan fingerprint density at radius 1 is 1.12 bits per heavy atom. The van der Waals surface area contributed by atoms with Gasteiger partial charge < -0.3 is 15.5 Å². The van der Waals surface area contributed by atoms with Gasteiger partial charge in [-0.15, -0.1) is 0 Å². The molecule has 3 aliphatic rings. The largest absolute Gasteiger partial charge is 0.338 e. The maximum absolute atomic E-state index is 12.4. The van der Waals surface area contributed by atoms with Crippen molar-refractivity contribution in [1.29, 1.82) is 0 Å². The summed E-state index contributed by atoms with van der Waals surface area (Å²) in [5, 5.41) is 6.37. The van der Waals surface area contributed by atoms with Crippen LogP contribution in [-0.4, -0.2) is 36.6 Å². The van der Waals surface area contributed by atoms with Crippen LogP contribution in [0.2, 0.25) is 0 Å². The summed E-state index contributed by atoms with van der Waals surface area (Å²) in [5.41, 5.74) is 1.23. The summed E-state index contributed by atoms with van der Waals surface area (Å²) in [7, 11) is 0. The van der Waals surface area contributed by atoms with Gasteiger partial charge in [-0.3, -0.25) is 0 Å². The Morgan fingerprint density at radius 2 is 1.92 bits per heavy atom. The minimum absolute atomic E-state index is 0.000579. The number of benzene rings is 1. The lowest BCUT2D eigenvalue weighted by Gasteiger charge is -2.34. The van der Waals surface area contributed by atoms with E-state index in [-0.39, 0.29) is 12.1 Å². The van der Waals surface area contributed by atoms with Crippen LogP contribution < -0.4 is 10.6 Å². The highest BCUT2D eigenvalue weighted by molar-refractivity contribution is 5.74. The van der Waals surface area contributed by atoms with E-state index in [0.717, 1.165) is 19.1 Å². The van der Waals surface area contributed by atoms with Gasteiger partial charge in [0.05, 0.1) is 6.04 Å². The van der Waals surface area contributed by atoms with E-state index in [4.69, 9.17) is 0 Å². The average Bonchev–Trinajstić information content (AvgIpc) is 3.30. The molecule has 4 rings (SSSR count). The van der Waals surface area contributed by atoms with Gasteiger partial charge in [0.15, 0.2) is 0 Å². The first-order valence-corrected chi connectivity index (χ1v) is 9.63. The summed E-state index contributed by atoms with van der Waals surface area (Å²) in [6.45, 7) is 3.18. The Hall–Kier alpha value is -1.55. The van der Waals surface area contributed by atoms with E-state index in [9.17, 15) is 4.79 Å². The van der Waals surface area contributed by atoms with Gasteiger partial charge in [-0.2, -0.15) is 0 Å². The zero-order valence-electron chi connectivity index (χ0n) is 14.4. The molecule has 2 aliphatic carbocycles. The molecule has 130 valence electrons. The number of nitrogens with one attached hydrogen (secondary N) is 2. The molecular weight excluding hydrogens is 298 g/mol. The molecule has 2 amide bonds. The molecule has 1 aromatic carbocycles. The van der Waals surface area contributed by atoms with Crippen LogP contribution >= 0.6 is 0 Å². The Bertz CT molecular complexity index is 553. The molecule has 1 aromatic rings. The SMILES string of the molecule is O=C(NC[C@@H]1CCN(C2CC2)C1)N[C@@H](c1ccccc1)C1CCC1. The quantitative estimate of drug-likeness (QED) is 0.842. The smallest absolute Gasteiger partial charge is 0.315 e. The third-order valence-corrected chi connectivity index (χ3v) is 6.00. The molecule has 24 heavy (non-hydrogen) atoms. The molecule has 1 aliphatic heterocycles. The van der Waals surface area contributed by atoms with E-state index in [1.807, 2.05) is 6.07 Å². The normalized spacial score (nSPS) is 25.9. The first-order valence-electron chi connectivity index (χ1n) is 9.63. The van der Waals surface area contributed by atoms with Crippen LogP contribution in [0.4, 0.5) is 4.79 Å². The Kier molecular flexibility index (Phi) is 4.74. The van der Waals surface area contributed by atoms with Crippen LogP contribution in [-0.2, 0) is 0 Å². The lowest BCUT2D eigenvalue weighted by Crippen LogP contribution is -2.43. The number of likely N-dealkylation sites (tertiary alicyclic amines) is 1. The van der Waals surface area contributed by atoms with Crippen molar-refractivity contribution in [2.45, 2.75) is 50.6 Å². The minimum atomic E-state index is 0.000579. The summed E-state index contributed by atoms with van der Waals surface area (Å²) >= 11 is 0. The number of hydrogen-bond acceptors (Lipinski definition) is 2. The fourth-order valence-electron chi connectivity index (χ4n) is 4.14. The van der Waals surface area contributed by atoms with E-state index in [0.29, 0.717) is 11.8 Å². The zero-order valence-corrected chi connectivity index (χ0v) is 14.4. The molecule has 1 heterocycles. The molecule has 0 radical (unpaired) electrons. The third kappa shape index (κ3) is 3.75. The van der Waals surface area contributed by atoms with Gasteiger partial charge in [-0.05, 0) is 56.0 Å². The zero-order chi connectivity index (χ0) is 16.4. The average molecular weight is 327 g/mol. The minimum Gasteiger partial charge on any atom is -0.338 e. The second-order valence-corrected chi connectivity index (χ2v) is 7.81. The van der Waals surface area contributed by atoms with Gasteiger partial charge in [-0.25, -0.2) is 4.79 Å². The molecule has 2 saturated carbocycles. The summed E-state index contributed by atoms with van der Waals surface area (Å²) < 4.78 is 0. The molecular formula is C20H29N3O. The standard InChI is InChI=1S/C20H29N3O/c24-20(21-13-15-11-12-23(14-15)18-9-10-18)22-19(17-7-4-8-17)16-5-2-1-3-6-16/h1-3,5-6,15,17-19H,4,7-14H2,(H2,21,22,24)/t15-,19-/m0/s1. The van der Waals surface area contributed by atoms with Gasteiger partial charge >= 0.3 is 6.03 Å². The monoisotopic (exact) mass is 327 g/mol. The Morgan fingerprint density at radius 3 is 2.58 bits per heavy atom. The van der Waals surface area contributed by atoms with Crippen molar-refractivity contribution < 1.29 is 4.79 Å². The van der Waals surface area contributed by atoms with Crippen LogP contribution in [0.1, 0.15) is 50.1 Å². The highest BCUT2D eigenvalue weighted by Crippen LogP contribution is 2.37. The lowest BCUT2D eigenvalue weighted by atomic mass is 9.77. The summed E-state index contributed by atoms with van der Waals surface area (Å²) in [6, 6.07) is 11.4. The summed E-state index contributed by atoms with van der Waals surface area (Å²) in [4.78, 5) is 15.0. The van der Waals surface area contributed by atoms with Gasteiger partial charge in [0.1, 0.15) is 0 Å². The van der Waals surface area contributed by atoms with Crippen LogP contribution in [0, 0.1) is 11.8 Å². The van der Waals surface area contributed by atoms with Gasteiger partial charge in [0.2, 0.25) is 0 Å². The van der Waals surface area contributed by atoms with Gasteiger partial charge in [0.25, 0.3) is 0 Å². The molecule has 0 spiro atoms. The fraction of sp³-hybridized carbons (Fsp3) is 0.650. The van der Waals surface area contributed by atoms with Crippen LogP contribution in [0.3, 0.4) is 0 Å². The molecule has 0 unspecified atom stereocenters. The lowest BCUT2D eigenvalue weighted by molar-refractivity contribution is 0.206.